The summed E-state index contributed by atoms with van der Waals surface area (Å²) in [5.41, 5.74) is 1.22. The van der Waals surface area contributed by atoms with Crippen LogP contribution < -0.4 is 0 Å². The topological polar surface area (TPSA) is 37.4 Å². The van der Waals surface area contributed by atoms with Crippen molar-refractivity contribution in [1.29, 1.82) is 0 Å². The summed E-state index contributed by atoms with van der Waals surface area (Å²) in [4.78, 5) is 27.7. The first kappa shape index (κ1) is 16.1. The molecule has 0 N–H and O–H groups in total. The van der Waals surface area contributed by atoms with Gasteiger partial charge in [0.25, 0.3) is 0 Å². The highest BCUT2D eigenvalue weighted by Gasteiger charge is 2.69. The van der Waals surface area contributed by atoms with E-state index in [1.54, 1.807) is 6.92 Å². The normalized spacial score (nSPS) is 51.1. The lowest BCUT2D eigenvalue weighted by Crippen LogP contribution is -2.70. The van der Waals surface area contributed by atoms with Gasteiger partial charge >= 0.3 is 0 Å². The first-order valence-corrected chi connectivity index (χ1v) is 10.3. The summed E-state index contributed by atoms with van der Waals surface area (Å²) in [7, 11) is 0. The first-order chi connectivity index (χ1) is 11.8. The highest BCUT2D eigenvalue weighted by Crippen LogP contribution is 2.72. The van der Waals surface area contributed by atoms with E-state index in [-0.39, 0.29) is 22.2 Å². The Labute approximate surface area is 151 Å². The number of allylic oxidation sites excluding steroid dienone is 1. The Morgan fingerprint density at radius 2 is 1.88 bits per heavy atom. The molecule has 6 aliphatic rings. The second-order valence-corrected chi connectivity index (χ2v) is 10.2. The average molecular weight is 341 g/mol. The summed E-state index contributed by atoms with van der Waals surface area (Å²) in [5.74, 6) is 2.22. The third-order valence-corrected chi connectivity index (χ3v) is 9.34. The standard InChI is InChI=1S/C22H31NO2/c1-14-16-5-9-21(19(14)25)10-6-17-20(3)7-4-8-22(17,18(21)11-16)13-23(12-20)15(2)24/h16-18H,1,4-13H2,2-3H3/t16?,17-,18?,20+,21+,22?/m1/s1. The van der Waals surface area contributed by atoms with E-state index in [0.29, 0.717) is 23.5 Å². The molecule has 0 radical (unpaired) electrons. The molecular weight excluding hydrogens is 310 g/mol. The molecule has 1 aliphatic heterocycles. The minimum Gasteiger partial charge on any atom is -0.342 e. The van der Waals surface area contributed by atoms with Gasteiger partial charge in [-0.3, -0.25) is 9.59 Å². The largest absolute Gasteiger partial charge is 0.342 e. The molecule has 3 unspecified atom stereocenters. The van der Waals surface area contributed by atoms with Crippen molar-refractivity contribution in [1.82, 2.24) is 4.90 Å². The molecule has 1 heterocycles. The number of hydrogen-bond donors (Lipinski definition) is 0. The highest BCUT2D eigenvalue weighted by atomic mass is 16.2. The van der Waals surface area contributed by atoms with Crippen LogP contribution in [0.1, 0.15) is 65.2 Å². The Morgan fingerprint density at radius 3 is 2.64 bits per heavy atom. The number of ketones is 1. The summed E-state index contributed by atoms with van der Waals surface area (Å²) >= 11 is 0. The van der Waals surface area contributed by atoms with Crippen LogP contribution in [0.4, 0.5) is 0 Å². The third kappa shape index (κ3) is 1.78. The van der Waals surface area contributed by atoms with Crippen LogP contribution in [0.15, 0.2) is 12.2 Å². The van der Waals surface area contributed by atoms with E-state index in [0.717, 1.165) is 44.3 Å². The van der Waals surface area contributed by atoms with E-state index >= 15 is 0 Å². The van der Waals surface area contributed by atoms with Gasteiger partial charge in [-0.15, -0.1) is 0 Å². The van der Waals surface area contributed by atoms with Crippen molar-refractivity contribution in [3.05, 3.63) is 12.2 Å². The lowest BCUT2D eigenvalue weighted by Gasteiger charge is -2.71. The highest BCUT2D eigenvalue weighted by molar-refractivity contribution is 6.02. The Morgan fingerprint density at radius 1 is 1.12 bits per heavy atom. The van der Waals surface area contributed by atoms with Crippen LogP contribution in [0, 0.1) is 34.0 Å². The molecule has 6 fully saturated rings. The van der Waals surface area contributed by atoms with Crippen LogP contribution in [0.5, 0.6) is 0 Å². The van der Waals surface area contributed by atoms with Crippen molar-refractivity contribution in [2.45, 2.75) is 65.2 Å². The van der Waals surface area contributed by atoms with Crippen LogP contribution in [-0.2, 0) is 9.59 Å². The van der Waals surface area contributed by atoms with E-state index in [9.17, 15) is 9.59 Å². The van der Waals surface area contributed by atoms with Crippen molar-refractivity contribution in [3.63, 3.8) is 0 Å². The summed E-state index contributed by atoms with van der Waals surface area (Å²) in [5, 5.41) is 0. The molecule has 1 saturated heterocycles. The smallest absolute Gasteiger partial charge is 0.219 e. The van der Waals surface area contributed by atoms with Gasteiger partial charge in [-0.05, 0) is 79.1 Å². The van der Waals surface area contributed by atoms with Gasteiger partial charge < -0.3 is 4.90 Å². The van der Waals surface area contributed by atoms with Gasteiger partial charge in [-0.2, -0.15) is 0 Å². The monoisotopic (exact) mass is 341 g/mol. The number of carbonyl (C=O) groups excluding carboxylic acids is 2. The molecule has 0 aromatic heterocycles. The molecule has 6 rings (SSSR count). The third-order valence-electron chi connectivity index (χ3n) is 9.34. The van der Waals surface area contributed by atoms with Gasteiger partial charge in [0.05, 0.1) is 0 Å². The van der Waals surface area contributed by atoms with Gasteiger partial charge in [0.2, 0.25) is 5.91 Å². The van der Waals surface area contributed by atoms with Crippen LogP contribution >= 0.6 is 0 Å². The summed E-state index contributed by atoms with van der Waals surface area (Å²) < 4.78 is 0. The number of rotatable bonds is 0. The zero-order valence-electron chi connectivity index (χ0n) is 15.8. The quantitative estimate of drug-likeness (QED) is 0.625. The van der Waals surface area contributed by atoms with Gasteiger partial charge in [0.1, 0.15) is 0 Å². The van der Waals surface area contributed by atoms with Crippen molar-refractivity contribution in [2.24, 2.45) is 34.0 Å². The summed E-state index contributed by atoms with van der Waals surface area (Å²) in [6.45, 7) is 10.2. The van der Waals surface area contributed by atoms with Crippen LogP contribution in [0.3, 0.4) is 0 Å². The van der Waals surface area contributed by atoms with Crippen molar-refractivity contribution in [2.75, 3.05) is 13.1 Å². The van der Waals surface area contributed by atoms with Gasteiger partial charge in [-0.1, -0.05) is 19.9 Å². The molecule has 136 valence electrons. The Kier molecular flexibility index (Phi) is 3.07. The maximum atomic E-state index is 13.3. The minimum atomic E-state index is -0.139. The second-order valence-electron chi connectivity index (χ2n) is 10.2. The van der Waals surface area contributed by atoms with Crippen molar-refractivity contribution >= 4 is 11.7 Å². The summed E-state index contributed by atoms with van der Waals surface area (Å²) in [6.07, 6.45) is 9.38. The lowest BCUT2D eigenvalue weighted by atomic mass is 9.35. The van der Waals surface area contributed by atoms with Crippen LogP contribution in [0.25, 0.3) is 0 Å². The maximum absolute atomic E-state index is 13.3. The fourth-order valence-corrected chi connectivity index (χ4v) is 8.40. The van der Waals surface area contributed by atoms with Crippen LogP contribution in [-0.4, -0.2) is 29.7 Å². The molecule has 0 aromatic carbocycles. The van der Waals surface area contributed by atoms with Crippen LogP contribution in [0.2, 0.25) is 0 Å². The molecule has 5 aliphatic carbocycles. The predicted octanol–water partition coefficient (Wildman–Crippen LogP) is 3.98. The van der Waals surface area contributed by atoms with E-state index < -0.39 is 0 Å². The molecule has 3 nitrogen and oxygen atoms in total. The molecule has 6 atom stereocenters. The average Bonchev–Trinajstić information content (AvgIpc) is 2.57. The maximum Gasteiger partial charge on any atom is 0.219 e. The Hall–Kier alpha value is -1.12. The van der Waals surface area contributed by atoms with Crippen molar-refractivity contribution < 1.29 is 9.59 Å². The number of carbonyl (C=O) groups is 2. The lowest BCUT2D eigenvalue weighted by molar-refractivity contribution is -0.214. The SMILES string of the molecule is C=C1C(=O)[C@]23CCC1CC2C12CCC[C@@](C)(CN(C(C)=O)C1)[C@H]2CC3. The molecule has 4 bridgehead atoms. The Bertz CT molecular complexity index is 684. The zero-order valence-corrected chi connectivity index (χ0v) is 15.8. The number of nitrogens with zero attached hydrogens (tertiary/aromatic N) is 1. The number of fused-ring (bicyclic) bond motifs is 2. The number of hydrogen-bond acceptors (Lipinski definition) is 2. The number of Topliss-reactive ketones (excluding diaryl/α,β-unsaturated/α-hetero) is 1. The first-order valence-electron chi connectivity index (χ1n) is 10.3. The van der Waals surface area contributed by atoms with E-state index in [1.807, 2.05) is 0 Å². The molecule has 0 aromatic rings. The predicted molar refractivity (Wildman–Crippen MR) is 96.8 cm³/mol. The van der Waals surface area contributed by atoms with Gasteiger partial charge in [-0.25, -0.2) is 0 Å². The molecule has 1 spiro atoms. The van der Waals surface area contributed by atoms with Gasteiger partial charge in [0.15, 0.2) is 5.78 Å². The molecule has 1 amide bonds. The second kappa shape index (κ2) is 4.78. The minimum absolute atomic E-state index is 0.139. The molecule has 25 heavy (non-hydrogen) atoms. The molecule has 5 saturated carbocycles. The summed E-state index contributed by atoms with van der Waals surface area (Å²) in [6, 6.07) is 0. The molecular formula is C22H31NO2. The number of piperidine rings is 1. The zero-order chi connectivity index (χ0) is 17.6. The Balaban J connectivity index is 1.64. The van der Waals surface area contributed by atoms with Gasteiger partial charge in [0, 0.05) is 25.4 Å². The fourth-order valence-electron chi connectivity index (χ4n) is 8.40. The van der Waals surface area contributed by atoms with Crippen molar-refractivity contribution in [3.8, 4) is 0 Å². The number of likely N-dealkylation sites (tertiary alicyclic amines) is 1. The van der Waals surface area contributed by atoms with E-state index in [4.69, 9.17) is 0 Å². The number of amides is 1. The van der Waals surface area contributed by atoms with E-state index in [1.165, 1.54) is 25.7 Å². The van der Waals surface area contributed by atoms with E-state index in [2.05, 4.69) is 18.4 Å². The fraction of sp³-hybridized carbons (Fsp3) is 0.818. The molecule has 3 heteroatoms.